The maximum Gasteiger partial charge on any atom is 0.147 e. The third-order valence-corrected chi connectivity index (χ3v) is 5.50. The number of nitrogens with zero attached hydrogens (tertiary/aromatic N) is 6. The minimum absolute atomic E-state index is 0.373. The number of nitrogens with one attached hydrogen (secondary N) is 1. The Morgan fingerprint density at radius 1 is 1.10 bits per heavy atom. The molecule has 0 saturated carbocycles. The van der Waals surface area contributed by atoms with Gasteiger partial charge in [0.25, 0.3) is 0 Å². The largest absolute Gasteiger partial charge is 0.308 e. The van der Waals surface area contributed by atoms with Crippen molar-refractivity contribution < 1.29 is 0 Å². The molecule has 0 bridgehead atoms. The highest BCUT2D eigenvalue weighted by Crippen LogP contribution is 2.22. The molecule has 7 nitrogen and oxygen atoms in total. The normalized spacial score (nSPS) is 15.8. The number of aromatic nitrogens is 6. The molecule has 0 radical (unpaired) electrons. The van der Waals surface area contributed by atoms with Crippen molar-refractivity contribution in [3.8, 4) is 11.3 Å². The standard InChI is InChI=1S/C23H25N7/c1-17-26-22-10-9-21(16-30(22)27-17)25-13-20-15-29(14-18-6-3-2-4-7-18)28-23(20)19-8-5-11-24-12-19/h2-8,11-12,15,21,25H,9-10,13-14,16H2,1H3. The molecule has 4 aromatic rings. The molecule has 1 aliphatic heterocycles. The number of rotatable bonds is 6. The van der Waals surface area contributed by atoms with Gasteiger partial charge in [-0.3, -0.25) is 9.67 Å². The molecular formula is C23H25N7. The third kappa shape index (κ3) is 4.02. The molecule has 0 fully saturated rings. The number of fused-ring (bicyclic) bond motifs is 1. The molecule has 0 aliphatic carbocycles. The van der Waals surface area contributed by atoms with Gasteiger partial charge in [0.1, 0.15) is 11.6 Å². The van der Waals surface area contributed by atoms with E-state index < -0.39 is 0 Å². The zero-order valence-electron chi connectivity index (χ0n) is 17.1. The van der Waals surface area contributed by atoms with Gasteiger partial charge < -0.3 is 5.32 Å². The average molecular weight is 400 g/mol. The number of aryl methyl sites for hydroxylation is 2. The molecular weight excluding hydrogens is 374 g/mol. The van der Waals surface area contributed by atoms with E-state index in [2.05, 4.69) is 56.9 Å². The van der Waals surface area contributed by atoms with Crippen LogP contribution < -0.4 is 5.32 Å². The van der Waals surface area contributed by atoms with E-state index in [1.54, 1.807) is 6.20 Å². The smallest absolute Gasteiger partial charge is 0.147 e. The van der Waals surface area contributed by atoms with Crippen molar-refractivity contribution >= 4 is 0 Å². The highest BCUT2D eigenvalue weighted by Gasteiger charge is 2.21. The summed E-state index contributed by atoms with van der Waals surface area (Å²) in [5.41, 5.74) is 4.44. The van der Waals surface area contributed by atoms with Crippen LogP contribution in [0.15, 0.2) is 61.1 Å². The van der Waals surface area contributed by atoms with E-state index in [9.17, 15) is 0 Å². The van der Waals surface area contributed by atoms with Crippen LogP contribution in [0.1, 0.15) is 29.2 Å². The fraction of sp³-hybridized carbons (Fsp3) is 0.304. The molecule has 1 N–H and O–H groups in total. The lowest BCUT2D eigenvalue weighted by Gasteiger charge is -2.23. The van der Waals surface area contributed by atoms with Crippen molar-refractivity contribution in [2.24, 2.45) is 0 Å². The van der Waals surface area contributed by atoms with E-state index in [1.807, 2.05) is 34.6 Å². The highest BCUT2D eigenvalue weighted by atomic mass is 15.4. The Kier molecular flexibility index (Phi) is 5.11. The summed E-state index contributed by atoms with van der Waals surface area (Å²) in [4.78, 5) is 8.79. The molecule has 0 spiro atoms. The lowest BCUT2D eigenvalue weighted by molar-refractivity contribution is 0.358. The van der Waals surface area contributed by atoms with Gasteiger partial charge in [0, 0.05) is 48.7 Å². The van der Waals surface area contributed by atoms with Crippen LogP contribution in [-0.2, 0) is 26.1 Å². The summed E-state index contributed by atoms with van der Waals surface area (Å²) < 4.78 is 4.06. The number of hydrogen-bond donors (Lipinski definition) is 1. The number of benzene rings is 1. The van der Waals surface area contributed by atoms with Crippen molar-refractivity contribution in [1.82, 2.24) is 34.8 Å². The molecule has 3 aromatic heterocycles. The van der Waals surface area contributed by atoms with Crippen molar-refractivity contribution in [3.63, 3.8) is 0 Å². The van der Waals surface area contributed by atoms with E-state index >= 15 is 0 Å². The van der Waals surface area contributed by atoms with Crippen LogP contribution in [0.5, 0.6) is 0 Å². The lowest BCUT2D eigenvalue weighted by atomic mass is 10.1. The van der Waals surface area contributed by atoms with E-state index in [0.717, 1.165) is 55.4 Å². The van der Waals surface area contributed by atoms with Gasteiger partial charge in [-0.1, -0.05) is 30.3 Å². The molecule has 4 heterocycles. The fourth-order valence-electron chi connectivity index (χ4n) is 4.04. The zero-order valence-corrected chi connectivity index (χ0v) is 17.1. The second kappa shape index (κ2) is 8.20. The topological polar surface area (TPSA) is 73.5 Å². The second-order valence-corrected chi connectivity index (χ2v) is 7.80. The van der Waals surface area contributed by atoms with Crippen LogP contribution in [-0.4, -0.2) is 35.6 Å². The molecule has 1 unspecified atom stereocenters. The first-order valence-electron chi connectivity index (χ1n) is 10.4. The van der Waals surface area contributed by atoms with Crippen molar-refractivity contribution in [3.05, 3.63) is 83.8 Å². The van der Waals surface area contributed by atoms with Gasteiger partial charge in [-0.25, -0.2) is 9.67 Å². The molecule has 5 rings (SSSR count). The zero-order chi connectivity index (χ0) is 20.3. The first-order valence-corrected chi connectivity index (χ1v) is 10.4. The molecule has 1 aromatic carbocycles. The van der Waals surface area contributed by atoms with Crippen LogP contribution in [0.4, 0.5) is 0 Å². The fourth-order valence-corrected chi connectivity index (χ4v) is 4.04. The summed E-state index contributed by atoms with van der Waals surface area (Å²) in [5, 5.41) is 13.1. The van der Waals surface area contributed by atoms with Crippen molar-refractivity contribution in [2.75, 3.05) is 0 Å². The maximum atomic E-state index is 4.89. The van der Waals surface area contributed by atoms with Crippen LogP contribution >= 0.6 is 0 Å². The van der Waals surface area contributed by atoms with Crippen LogP contribution in [0.2, 0.25) is 0 Å². The quantitative estimate of drug-likeness (QED) is 0.540. The van der Waals surface area contributed by atoms with Crippen LogP contribution in [0.25, 0.3) is 11.3 Å². The molecule has 0 saturated heterocycles. The van der Waals surface area contributed by atoms with E-state index in [4.69, 9.17) is 5.10 Å². The summed E-state index contributed by atoms with van der Waals surface area (Å²) in [6.07, 6.45) is 7.85. The van der Waals surface area contributed by atoms with Gasteiger partial charge in [-0.15, -0.1) is 0 Å². The minimum Gasteiger partial charge on any atom is -0.308 e. The Hall–Kier alpha value is -3.32. The molecule has 0 amide bonds. The van der Waals surface area contributed by atoms with Crippen LogP contribution in [0.3, 0.4) is 0 Å². The predicted octanol–water partition coefficient (Wildman–Crippen LogP) is 3.00. The molecule has 1 aliphatic rings. The Morgan fingerprint density at radius 2 is 2.00 bits per heavy atom. The summed E-state index contributed by atoms with van der Waals surface area (Å²) in [6, 6.07) is 14.8. The maximum absolute atomic E-state index is 4.89. The Labute approximate surface area is 175 Å². The first-order chi connectivity index (χ1) is 14.7. The molecule has 1 atom stereocenters. The minimum atomic E-state index is 0.373. The number of hydrogen-bond acceptors (Lipinski definition) is 5. The van der Waals surface area contributed by atoms with Gasteiger partial charge in [0.2, 0.25) is 0 Å². The monoisotopic (exact) mass is 399 g/mol. The van der Waals surface area contributed by atoms with E-state index in [1.165, 1.54) is 11.1 Å². The van der Waals surface area contributed by atoms with Gasteiger partial charge in [-0.05, 0) is 31.0 Å². The van der Waals surface area contributed by atoms with Gasteiger partial charge in [-0.2, -0.15) is 10.2 Å². The Morgan fingerprint density at radius 3 is 2.83 bits per heavy atom. The van der Waals surface area contributed by atoms with Crippen molar-refractivity contribution in [2.45, 2.75) is 45.4 Å². The lowest BCUT2D eigenvalue weighted by Crippen LogP contribution is -2.37. The predicted molar refractivity (Wildman–Crippen MR) is 115 cm³/mol. The van der Waals surface area contributed by atoms with E-state index in [0.29, 0.717) is 6.04 Å². The molecule has 7 heteroatoms. The summed E-state index contributed by atoms with van der Waals surface area (Å²) >= 11 is 0. The second-order valence-electron chi connectivity index (χ2n) is 7.80. The number of pyridine rings is 1. The van der Waals surface area contributed by atoms with Gasteiger partial charge in [0.05, 0.1) is 18.8 Å². The third-order valence-electron chi connectivity index (χ3n) is 5.50. The Balaban J connectivity index is 1.35. The average Bonchev–Trinajstić information content (AvgIpc) is 3.35. The molecule has 152 valence electrons. The highest BCUT2D eigenvalue weighted by molar-refractivity contribution is 5.61. The Bertz CT molecular complexity index is 1120. The van der Waals surface area contributed by atoms with E-state index in [-0.39, 0.29) is 0 Å². The summed E-state index contributed by atoms with van der Waals surface area (Å²) in [6.45, 7) is 4.32. The van der Waals surface area contributed by atoms with Crippen LogP contribution in [0, 0.1) is 6.92 Å². The SMILES string of the molecule is Cc1nc2n(n1)CC(NCc1cn(Cc3ccccc3)nc1-c1cccnc1)CC2. The summed E-state index contributed by atoms with van der Waals surface area (Å²) in [5.74, 6) is 1.95. The first kappa shape index (κ1) is 18.7. The molecule has 30 heavy (non-hydrogen) atoms. The van der Waals surface area contributed by atoms with Gasteiger partial charge >= 0.3 is 0 Å². The van der Waals surface area contributed by atoms with Gasteiger partial charge in [0.15, 0.2) is 0 Å². The van der Waals surface area contributed by atoms with Crippen molar-refractivity contribution in [1.29, 1.82) is 0 Å². The summed E-state index contributed by atoms with van der Waals surface area (Å²) in [7, 11) is 0.